The number of carbonyl (C=O) groups excluding carboxylic acids is 1. The fourth-order valence-corrected chi connectivity index (χ4v) is 5.81. The van der Waals surface area contributed by atoms with Gasteiger partial charge in [-0.3, -0.25) is 4.79 Å². The summed E-state index contributed by atoms with van der Waals surface area (Å²) in [5.41, 5.74) is -1.99. The Morgan fingerprint density at radius 1 is 1.35 bits per heavy atom. The van der Waals surface area contributed by atoms with Crippen LogP contribution in [-0.4, -0.2) is 27.7 Å². The van der Waals surface area contributed by atoms with Crippen molar-refractivity contribution in [3.05, 3.63) is 12.7 Å². The molecule has 0 heterocycles. The highest BCUT2D eigenvalue weighted by molar-refractivity contribution is 5.89. The van der Waals surface area contributed by atoms with Crippen molar-refractivity contribution in [1.29, 1.82) is 0 Å². The molecule has 0 unspecified atom stereocenters. The third-order valence-corrected chi connectivity index (χ3v) is 6.94. The zero-order valence-corrected chi connectivity index (χ0v) is 15.4. The maximum atomic E-state index is 13.1. The van der Waals surface area contributed by atoms with Gasteiger partial charge in [0.1, 0.15) is 5.60 Å². The lowest BCUT2D eigenvalue weighted by atomic mass is 9.43. The van der Waals surface area contributed by atoms with Gasteiger partial charge in [-0.1, -0.05) is 47.1 Å². The van der Waals surface area contributed by atoms with Crippen molar-refractivity contribution in [3.63, 3.8) is 0 Å². The Balaban J connectivity index is 2.48. The van der Waals surface area contributed by atoms with Gasteiger partial charge in [0.2, 0.25) is 0 Å². The van der Waals surface area contributed by atoms with Crippen LogP contribution in [0.1, 0.15) is 66.7 Å². The van der Waals surface area contributed by atoms with Crippen molar-refractivity contribution in [2.45, 2.75) is 78.4 Å². The fourth-order valence-electron chi connectivity index (χ4n) is 5.81. The van der Waals surface area contributed by atoms with Gasteiger partial charge in [-0.2, -0.15) is 0 Å². The molecule has 0 aliphatic heterocycles. The van der Waals surface area contributed by atoms with Crippen LogP contribution in [0.4, 0.5) is 0 Å². The molecule has 2 aliphatic carbocycles. The Labute approximate surface area is 141 Å². The zero-order valence-electron chi connectivity index (χ0n) is 15.4. The molecule has 2 fully saturated rings. The normalized spacial score (nSPS) is 44.2. The summed E-state index contributed by atoms with van der Waals surface area (Å²) in [5, 5.41) is 22.4. The number of Topliss-reactive ketones (excluding diaryl/α,β-unsaturated/α-hetero) is 1. The predicted molar refractivity (Wildman–Crippen MR) is 93.0 cm³/mol. The van der Waals surface area contributed by atoms with Crippen LogP contribution in [0, 0.1) is 28.6 Å². The van der Waals surface area contributed by atoms with E-state index < -0.39 is 17.1 Å². The van der Waals surface area contributed by atoms with Gasteiger partial charge >= 0.3 is 0 Å². The van der Waals surface area contributed by atoms with Crippen LogP contribution in [0.15, 0.2) is 12.7 Å². The van der Waals surface area contributed by atoms with Crippen molar-refractivity contribution in [1.82, 2.24) is 0 Å². The first kappa shape index (κ1) is 18.7. The highest BCUT2D eigenvalue weighted by atomic mass is 16.3. The van der Waals surface area contributed by atoms with E-state index >= 15 is 0 Å². The monoisotopic (exact) mass is 322 g/mol. The minimum absolute atomic E-state index is 0.0482. The van der Waals surface area contributed by atoms with E-state index in [0.717, 1.165) is 19.3 Å². The molecule has 0 aromatic rings. The topological polar surface area (TPSA) is 57.5 Å². The van der Waals surface area contributed by atoms with E-state index in [1.165, 1.54) is 0 Å². The minimum atomic E-state index is -1.36. The number of aliphatic hydroxyl groups excluding tert-OH is 1. The lowest BCUT2D eigenvalue weighted by Gasteiger charge is -2.63. The zero-order chi connectivity index (χ0) is 17.6. The first-order chi connectivity index (χ1) is 10.5. The van der Waals surface area contributed by atoms with Gasteiger partial charge in [0, 0.05) is 11.8 Å². The molecule has 23 heavy (non-hydrogen) atoms. The number of allylic oxidation sites excluding steroid dienone is 1. The minimum Gasteiger partial charge on any atom is -0.393 e. The van der Waals surface area contributed by atoms with Crippen LogP contribution < -0.4 is 0 Å². The SMILES string of the molecule is C=C[C@@H](C)CC(=O)[C@]1(O)[C@@H](C)C[C@H](O)[C@H]2C(C)(C)CCC[C@@]21C. The fraction of sp³-hybridized carbons (Fsp3) is 0.850. The molecule has 6 atom stereocenters. The standard InChI is InChI=1S/C20H34O3/c1-7-13(2)11-16(22)20(23)14(3)12-15(21)17-18(4,5)9-8-10-19(17,20)6/h7,13-15,17,21,23H,1,8-12H2,2-6H3/t13-,14+,15+,17+,19+,20-/m1/s1. The molecule has 0 aromatic heterocycles. The third kappa shape index (κ3) is 2.70. The third-order valence-electron chi connectivity index (χ3n) is 6.94. The molecule has 3 nitrogen and oxygen atoms in total. The molecule has 2 saturated carbocycles. The molecular weight excluding hydrogens is 288 g/mol. The van der Waals surface area contributed by atoms with Crippen LogP contribution in [0.3, 0.4) is 0 Å². The Hall–Kier alpha value is -0.670. The molecule has 3 heteroatoms. The van der Waals surface area contributed by atoms with Gasteiger partial charge < -0.3 is 10.2 Å². The Morgan fingerprint density at radius 2 is 1.96 bits per heavy atom. The molecule has 0 amide bonds. The van der Waals surface area contributed by atoms with Crippen LogP contribution in [-0.2, 0) is 4.79 Å². The Kier molecular flexibility index (Phi) is 4.87. The van der Waals surface area contributed by atoms with Gasteiger partial charge in [-0.15, -0.1) is 6.58 Å². The highest BCUT2D eigenvalue weighted by Gasteiger charge is 2.66. The molecule has 0 bridgehead atoms. The van der Waals surface area contributed by atoms with Crippen molar-refractivity contribution in [2.24, 2.45) is 28.6 Å². The summed E-state index contributed by atoms with van der Waals surface area (Å²) in [6, 6.07) is 0. The second kappa shape index (κ2) is 6.00. The molecular formula is C20H34O3. The number of carbonyl (C=O) groups is 1. The quantitative estimate of drug-likeness (QED) is 0.775. The number of hydrogen-bond acceptors (Lipinski definition) is 3. The maximum Gasteiger partial charge on any atom is 0.165 e. The molecule has 132 valence electrons. The van der Waals surface area contributed by atoms with E-state index in [4.69, 9.17) is 0 Å². The lowest BCUT2D eigenvalue weighted by molar-refractivity contribution is -0.235. The first-order valence-corrected chi connectivity index (χ1v) is 9.07. The molecule has 0 radical (unpaired) electrons. The second-order valence-electron chi connectivity index (χ2n) is 9.05. The van der Waals surface area contributed by atoms with Gasteiger partial charge in [-0.25, -0.2) is 0 Å². The summed E-state index contributed by atoms with van der Waals surface area (Å²) in [7, 11) is 0. The van der Waals surface area contributed by atoms with Gasteiger partial charge in [0.15, 0.2) is 5.78 Å². The molecule has 0 aromatic carbocycles. The van der Waals surface area contributed by atoms with E-state index in [2.05, 4.69) is 20.4 Å². The number of ketones is 1. The Morgan fingerprint density at radius 3 is 2.52 bits per heavy atom. The van der Waals surface area contributed by atoms with Crippen LogP contribution in [0.5, 0.6) is 0 Å². The number of hydrogen-bond donors (Lipinski definition) is 2. The first-order valence-electron chi connectivity index (χ1n) is 9.07. The Bertz CT molecular complexity index is 483. The molecule has 2 N–H and O–H groups in total. The van der Waals surface area contributed by atoms with Crippen molar-refractivity contribution < 1.29 is 15.0 Å². The summed E-state index contributed by atoms with van der Waals surface area (Å²) in [6.07, 6.45) is 4.96. The molecule has 0 saturated heterocycles. The summed E-state index contributed by atoms with van der Waals surface area (Å²) in [5.74, 6) is -0.288. The average Bonchev–Trinajstić information content (AvgIpc) is 2.43. The molecule has 2 aliphatic rings. The smallest absolute Gasteiger partial charge is 0.165 e. The average molecular weight is 322 g/mol. The van der Waals surface area contributed by atoms with E-state index in [1.807, 2.05) is 20.8 Å². The van der Waals surface area contributed by atoms with Gasteiger partial charge in [-0.05, 0) is 42.4 Å². The van der Waals surface area contributed by atoms with Crippen molar-refractivity contribution in [2.75, 3.05) is 0 Å². The van der Waals surface area contributed by atoms with E-state index in [-0.39, 0.29) is 29.0 Å². The summed E-state index contributed by atoms with van der Waals surface area (Å²) >= 11 is 0. The van der Waals surface area contributed by atoms with Gasteiger partial charge in [0.05, 0.1) is 6.10 Å². The lowest BCUT2D eigenvalue weighted by Crippen LogP contribution is -2.69. The molecule has 0 spiro atoms. The van der Waals surface area contributed by atoms with E-state index in [9.17, 15) is 15.0 Å². The summed E-state index contributed by atoms with van der Waals surface area (Å²) in [6.45, 7) is 14.0. The highest BCUT2D eigenvalue weighted by Crippen LogP contribution is 2.63. The van der Waals surface area contributed by atoms with E-state index in [0.29, 0.717) is 12.8 Å². The maximum absolute atomic E-state index is 13.1. The number of fused-ring (bicyclic) bond motifs is 1. The summed E-state index contributed by atoms with van der Waals surface area (Å²) < 4.78 is 0. The van der Waals surface area contributed by atoms with Crippen LogP contribution >= 0.6 is 0 Å². The van der Waals surface area contributed by atoms with Crippen molar-refractivity contribution in [3.8, 4) is 0 Å². The second-order valence-corrected chi connectivity index (χ2v) is 9.05. The summed E-state index contributed by atoms with van der Waals surface area (Å²) in [4.78, 5) is 13.1. The number of aliphatic hydroxyl groups is 2. The molecule has 2 rings (SSSR count). The number of rotatable bonds is 4. The van der Waals surface area contributed by atoms with Crippen LogP contribution in [0.2, 0.25) is 0 Å². The largest absolute Gasteiger partial charge is 0.393 e. The van der Waals surface area contributed by atoms with E-state index in [1.54, 1.807) is 6.08 Å². The van der Waals surface area contributed by atoms with Crippen molar-refractivity contribution >= 4 is 5.78 Å². The van der Waals surface area contributed by atoms with Crippen LogP contribution in [0.25, 0.3) is 0 Å². The van der Waals surface area contributed by atoms with Gasteiger partial charge in [0.25, 0.3) is 0 Å². The predicted octanol–water partition coefficient (Wildman–Crippen LogP) is 3.73.